The molecule has 0 aromatic heterocycles. The molecule has 0 spiro atoms. The Morgan fingerprint density at radius 1 is 1.00 bits per heavy atom. The van der Waals surface area contributed by atoms with Gasteiger partial charge in [0.05, 0.1) is 24.7 Å². The number of nitrogens with zero attached hydrogens (tertiary/aromatic N) is 1. The SMILES string of the molecule is CCOc1ccc2ccc(OCC)c(/C=C3\SC(=S)N(Cc4ccc(C)cc4)C3=O)c2c1. The number of rotatable bonds is 7. The lowest BCUT2D eigenvalue weighted by Gasteiger charge is -2.15. The summed E-state index contributed by atoms with van der Waals surface area (Å²) in [5.41, 5.74) is 3.10. The quantitative estimate of drug-likeness (QED) is 0.302. The maximum Gasteiger partial charge on any atom is 0.266 e. The second kappa shape index (κ2) is 9.76. The number of hydrogen-bond acceptors (Lipinski definition) is 5. The van der Waals surface area contributed by atoms with Gasteiger partial charge in [0, 0.05) is 5.56 Å². The van der Waals surface area contributed by atoms with Crippen LogP contribution in [0, 0.1) is 6.92 Å². The van der Waals surface area contributed by atoms with E-state index >= 15 is 0 Å². The molecule has 4 nitrogen and oxygen atoms in total. The van der Waals surface area contributed by atoms with Gasteiger partial charge in [0.25, 0.3) is 5.91 Å². The lowest BCUT2D eigenvalue weighted by Crippen LogP contribution is -2.27. The van der Waals surface area contributed by atoms with E-state index in [1.54, 1.807) is 4.90 Å². The summed E-state index contributed by atoms with van der Waals surface area (Å²) in [5, 5.41) is 2.03. The van der Waals surface area contributed by atoms with Crippen LogP contribution < -0.4 is 9.47 Å². The minimum absolute atomic E-state index is 0.0824. The standard InChI is InChI=1S/C26H25NO3S2/c1-4-29-20-12-10-19-11-13-23(30-5-2)22(21(19)14-20)15-24-25(28)27(26(31)32-24)16-18-8-6-17(3)7-9-18/h6-15H,4-5,16H2,1-3H3/b24-15-. The molecule has 164 valence electrons. The molecule has 0 aliphatic carbocycles. The summed E-state index contributed by atoms with van der Waals surface area (Å²) in [6, 6.07) is 18.1. The van der Waals surface area contributed by atoms with E-state index in [-0.39, 0.29) is 5.91 Å². The lowest BCUT2D eigenvalue weighted by atomic mass is 10.0. The first-order valence-electron chi connectivity index (χ1n) is 10.6. The normalized spacial score (nSPS) is 15.1. The van der Waals surface area contributed by atoms with Crippen LogP contribution in [0.3, 0.4) is 0 Å². The third kappa shape index (κ3) is 4.66. The van der Waals surface area contributed by atoms with Crippen LogP contribution in [-0.2, 0) is 11.3 Å². The molecule has 0 unspecified atom stereocenters. The molecule has 32 heavy (non-hydrogen) atoms. The predicted molar refractivity (Wildman–Crippen MR) is 136 cm³/mol. The van der Waals surface area contributed by atoms with Crippen molar-refractivity contribution in [3.05, 3.63) is 76.2 Å². The molecule has 0 saturated carbocycles. The lowest BCUT2D eigenvalue weighted by molar-refractivity contribution is -0.122. The van der Waals surface area contributed by atoms with Crippen molar-refractivity contribution in [1.82, 2.24) is 4.90 Å². The van der Waals surface area contributed by atoms with E-state index in [0.717, 1.165) is 33.4 Å². The Morgan fingerprint density at radius 2 is 1.72 bits per heavy atom. The maximum absolute atomic E-state index is 13.3. The molecule has 1 aliphatic rings. The number of thiocarbonyl (C=S) groups is 1. The van der Waals surface area contributed by atoms with Gasteiger partial charge in [-0.15, -0.1) is 0 Å². The zero-order valence-corrected chi connectivity index (χ0v) is 20.0. The first kappa shape index (κ1) is 22.4. The monoisotopic (exact) mass is 463 g/mol. The van der Waals surface area contributed by atoms with Gasteiger partial charge in [-0.1, -0.05) is 65.9 Å². The van der Waals surface area contributed by atoms with Gasteiger partial charge in [0.1, 0.15) is 15.8 Å². The molecule has 0 atom stereocenters. The number of fused-ring (bicyclic) bond motifs is 1. The highest BCUT2D eigenvalue weighted by Gasteiger charge is 2.32. The van der Waals surface area contributed by atoms with Crippen LogP contribution in [0.15, 0.2) is 59.5 Å². The smallest absolute Gasteiger partial charge is 0.266 e. The molecule has 3 aromatic carbocycles. The van der Waals surface area contributed by atoms with Gasteiger partial charge < -0.3 is 9.47 Å². The second-order valence-electron chi connectivity index (χ2n) is 7.48. The Morgan fingerprint density at radius 3 is 2.44 bits per heavy atom. The number of hydrogen-bond donors (Lipinski definition) is 0. The van der Waals surface area contributed by atoms with Crippen molar-refractivity contribution in [3.63, 3.8) is 0 Å². The Kier molecular flexibility index (Phi) is 6.82. The zero-order chi connectivity index (χ0) is 22.7. The highest BCUT2D eigenvalue weighted by molar-refractivity contribution is 8.26. The average molecular weight is 464 g/mol. The van der Waals surface area contributed by atoms with Gasteiger partial charge in [-0.05, 0) is 61.4 Å². The summed E-state index contributed by atoms with van der Waals surface area (Å²) in [7, 11) is 0. The fourth-order valence-electron chi connectivity index (χ4n) is 3.63. The molecule has 0 bridgehead atoms. The first-order chi connectivity index (χ1) is 15.5. The van der Waals surface area contributed by atoms with Gasteiger partial charge in [-0.2, -0.15) is 0 Å². The second-order valence-corrected chi connectivity index (χ2v) is 9.16. The number of benzene rings is 3. The van der Waals surface area contributed by atoms with E-state index in [1.165, 1.54) is 17.3 Å². The molecule has 1 heterocycles. The largest absolute Gasteiger partial charge is 0.494 e. The summed E-state index contributed by atoms with van der Waals surface area (Å²) >= 11 is 6.88. The van der Waals surface area contributed by atoms with E-state index in [1.807, 2.05) is 81.4 Å². The molecule has 0 radical (unpaired) electrons. The highest BCUT2D eigenvalue weighted by atomic mass is 32.2. The molecule has 4 rings (SSSR count). The molecule has 1 saturated heterocycles. The number of carbonyl (C=O) groups excluding carboxylic acids is 1. The van der Waals surface area contributed by atoms with Crippen molar-refractivity contribution in [1.29, 1.82) is 0 Å². The molecule has 6 heteroatoms. The highest BCUT2D eigenvalue weighted by Crippen LogP contribution is 2.38. The van der Waals surface area contributed by atoms with Gasteiger partial charge in [-0.25, -0.2) is 0 Å². The zero-order valence-electron chi connectivity index (χ0n) is 18.4. The van der Waals surface area contributed by atoms with Crippen LogP contribution in [0.5, 0.6) is 11.5 Å². The van der Waals surface area contributed by atoms with Crippen LogP contribution in [0.2, 0.25) is 0 Å². The third-order valence-corrected chi connectivity index (χ3v) is 6.59. The first-order valence-corrected chi connectivity index (χ1v) is 11.9. The summed E-state index contributed by atoms with van der Waals surface area (Å²) < 4.78 is 12.2. The van der Waals surface area contributed by atoms with Crippen molar-refractivity contribution >= 4 is 51.1 Å². The van der Waals surface area contributed by atoms with Gasteiger partial charge in [0.2, 0.25) is 0 Å². The predicted octanol–water partition coefficient (Wildman–Crippen LogP) is 6.35. The topological polar surface area (TPSA) is 38.8 Å². The van der Waals surface area contributed by atoms with Crippen molar-refractivity contribution in [2.24, 2.45) is 0 Å². The van der Waals surface area contributed by atoms with Gasteiger partial charge >= 0.3 is 0 Å². The van der Waals surface area contributed by atoms with Crippen molar-refractivity contribution in [2.75, 3.05) is 13.2 Å². The van der Waals surface area contributed by atoms with Gasteiger partial charge in [0.15, 0.2) is 0 Å². The summed E-state index contributed by atoms with van der Waals surface area (Å²) in [6.07, 6.45) is 1.90. The minimum atomic E-state index is -0.0824. The van der Waals surface area contributed by atoms with Gasteiger partial charge in [-0.3, -0.25) is 9.69 Å². The summed E-state index contributed by atoms with van der Waals surface area (Å²) in [5.74, 6) is 1.44. The third-order valence-electron chi connectivity index (χ3n) is 5.22. The average Bonchev–Trinajstić information content (AvgIpc) is 3.04. The van der Waals surface area contributed by atoms with Crippen LogP contribution in [0.4, 0.5) is 0 Å². The number of aryl methyl sites for hydroxylation is 1. The molecule has 0 N–H and O–H groups in total. The van der Waals surface area contributed by atoms with E-state index < -0.39 is 0 Å². The molecule has 1 aliphatic heterocycles. The molecule has 1 amide bonds. The van der Waals surface area contributed by atoms with E-state index in [0.29, 0.717) is 29.0 Å². The Hall–Kier alpha value is -2.83. The minimum Gasteiger partial charge on any atom is -0.494 e. The Bertz CT molecular complexity index is 1200. The summed E-state index contributed by atoms with van der Waals surface area (Å²) in [4.78, 5) is 15.5. The van der Waals surface area contributed by atoms with Crippen molar-refractivity contribution in [2.45, 2.75) is 27.3 Å². The Labute approximate surface area is 198 Å². The summed E-state index contributed by atoms with van der Waals surface area (Å²) in [6.45, 7) is 7.54. The Balaban J connectivity index is 1.73. The van der Waals surface area contributed by atoms with E-state index in [9.17, 15) is 4.79 Å². The fourth-order valence-corrected chi connectivity index (χ4v) is 4.87. The number of amides is 1. The van der Waals surface area contributed by atoms with E-state index in [4.69, 9.17) is 21.7 Å². The number of thioether (sulfide) groups is 1. The molecule has 3 aromatic rings. The molecule has 1 fully saturated rings. The van der Waals surface area contributed by atoms with Crippen LogP contribution in [0.1, 0.15) is 30.5 Å². The molecular formula is C26H25NO3S2. The molecular weight excluding hydrogens is 438 g/mol. The van der Waals surface area contributed by atoms with Crippen molar-refractivity contribution < 1.29 is 14.3 Å². The number of carbonyl (C=O) groups is 1. The van der Waals surface area contributed by atoms with Crippen LogP contribution in [0.25, 0.3) is 16.8 Å². The fraction of sp³-hybridized carbons (Fsp3) is 0.231. The van der Waals surface area contributed by atoms with Crippen LogP contribution >= 0.6 is 24.0 Å². The number of ether oxygens (including phenoxy) is 2. The van der Waals surface area contributed by atoms with Crippen LogP contribution in [-0.4, -0.2) is 28.3 Å². The maximum atomic E-state index is 13.3. The van der Waals surface area contributed by atoms with E-state index in [2.05, 4.69) is 0 Å². The van der Waals surface area contributed by atoms with Crippen molar-refractivity contribution in [3.8, 4) is 11.5 Å².